The van der Waals surface area contributed by atoms with Crippen molar-refractivity contribution in [2.75, 3.05) is 42.7 Å². The molecule has 0 saturated carbocycles. The summed E-state index contributed by atoms with van der Waals surface area (Å²) in [6, 6.07) is 0. The summed E-state index contributed by atoms with van der Waals surface area (Å²) in [4.78, 5) is 0. The lowest BCUT2D eigenvalue weighted by atomic mass is 10.2. The van der Waals surface area contributed by atoms with Gasteiger partial charge < -0.3 is 28.4 Å². The van der Waals surface area contributed by atoms with E-state index in [1.807, 2.05) is 0 Å². The molecule has 7 heteroatoms. The van der Waals surface area contributed by atoms with E-state index in [0.717, 1.165) is 0 Å². The molecule has 98 valence electrons. The molecule has 0 radical (unpaired) electrons. The van der Waals surface area contributed by atoms with Gasteiger partial charge in [-0.1, -0.05) is 0 Å². The molecule has 0 N–H and O–H groups in total. The molecular weight excluding hydrogens is 232 g/mol. The monoisotopic (exact) mass is 254 g/mol. The van der Waals surface area contributed by atoms with Gasteiger partial charge in [0.1, 0.15) is 0 Å². The third-order valence-electron chi connectivity index (χ3n) is 2.76. The van der Waals surface area contributed by atoms with E-state index < -0.39 is 17.5 Å². The summed E-state index contributed by atoms with van der Waals surface area (Å²) < 4.78 is 31.9. The van der Waals surface area contributed by atoms with Gasteiger partial charge in [0.25, 0.3) is 5.79 Å². The molecule has 0 heterocycles. The first-order valence-corrected chi connectivity index (χ1v) is 5.78. The van der Waals surface area contributed by atoms with Crippen LogP contribution in [0.4, 0.5) is 0 Å². The average molecular weight is 254 g/mol. The summed E-state index contributed by atoms with van der Waals surface area (Å²) in [6.45, 7) is 0. The van der Waals surface area contributed by atoms with E-state index in [9.17, 15) is 0 Å². The smallest absolute Gasteiger partial charge is 0.270 e. The van der Waals surface area contributed by atoms with Gasteiger partial charge >= 0.3 is 0 Å². The van der Waals surface area contributed by atoms with Crippen molar-refractivity contribution < 1.29 is 28.4 Å². The second-order valence-electron chi connectivity index (χ2n) is 3.23. The highest BCUT2D eigenvalue weighted by Crippen LogP contribution is 2.33. The highest BCUT2D eigenvalue weighted by molar-refractivity contribution is 6.14. The van der Waals surface area contributed by atoms with Gasteiger partial charge in [-0.15, -0.1) is 0 Å². The van der Waals surface area contributed by atoms with Crippen molar-refractivity contribution in [1.29, 1.82) is 0 Å². The summed E-state index contributed by atoms with van der Waals surface area (Å²) in [6.07, 6.45) is -0.764. The molecule has 0 fully saturated rings. The lowest BCUT2D eigenvalue weighted by Crippen LogP contribution is -2.66. The minimum Gasteiger partial charge on any atom is -0.353 e. The lowest BCUT2D eigenvalue weighted by Gasteiger charge is -2.46. The zero-order chi connectivity index (χ0) is 12.8. The zero-order valence-electron chi connectivity index (χ0n) is 11.0. The van der Waals surface area contributed by atoms with Crippen molar-refractivity contribution >= 4 is 10.2 Å². The third-order valence-corrected chi connectivity index (χ3v) is 4.27. The topological polar surface area (TPSA) is 55.4 Å². The quantitative estimate of drug-likeness (QED) is 0.405. The molecule has 0 atom stereocenters. The summed E-state index contributed by atoms with van der Waals surface area (Å²) in [5.41, 5.74) is -1.03. The van der Waals surface area contributed by atoms with E-state index in [4.69, 9.17) is 28.4 Å². The Kier molecular flexibility index (Phi) is 6.64. The van der Waals surface area contributed by atoms with Crippen LogP contribution < -0.4 is 0 Å². The first kappa shape index (κ1) is 16.0. The Morgan fingerprint density at radius 2 is 1.12 bits per heavy atom. The molecule has 0 aromatic carbocycles. The van der Waals surface area contributed by atoms with Gasteiger partial charge in [-0.3, -0.25) is 0 Å². The molecule has 0 amide bonds. The maximum absolute atomic E-state index is 5.39. The van der Waals surface area contributed by atoms with Crippen LogP contribution in [0.25, 0.3) is 0 Å². The molecule has 0 aliphatic carbocycles. The van der Waals surface area contributed by atoms with Gasteiger partial charge in [-0.25, -0.2) is 0 Å². The summed E-state index contributed by atoms with van der Waals surface area (Å²) in [7, 11) is 9.50. The van der Waals surface area contributed by atoms with Crippen molar-refractivity contribution in [3.05, 3.63) is 0 Å². The largest absolute Gasteiger partial charge is 0.353 e. The minimum atomic E-state index is -1.27. The van der Waals surface area contributed by atoms with E-state index in [2.05, 4.69) is 0 Å². The maximum Gasteiger partial charge on any atom is 0.270 e. The molecule has 0 aliphatic heterocycles. The second kappa shape index (κ2) is 6.65. The number of rotatable bonds is 8. The number of hydrogen-bond acceptors (Lipinski definition) is 6. The molecule has 0 unspecified atom stereocenters. The third kappa shape index (κ3) is 2.45. The van der Waals surface area contributed by atoms with Crippen molar-refractivity contribution in [3.8, 4) is 0 Å². The van der Waals surface area contributed by atoms with Crippen LogP contribution in [0.2, 0.25) is 0 Å². The van der Waals surface area contributed by atoms with Gasteiger partial charge in [0.05, 0.1) is 10.2 Å². The molecular formula is C9H22O6Si. The molecule has 0 saturated heterocycles. The predicted molar refractivity (Wildman–Crippen MR) is 61.2 cm³/mol. The van der Waals surface area contributed by atoms with E-state index in [0.29, 0.717) is 10.2 Å². The lowest BCUT2D eigenvalue weighted by molar-refractivity contribution is -0.414. The van der Waals surface area contributed by atoms with Crippen LogP contribution in [0.3, 0.4) is 0 Å². The van der Waals surface area contributed by atoms with Crippen LogP contribution in [0.1, 0.15) is 0 Å². The molecule has 6 nitrogen and oxygen atoms in total. The minimum absolute atomic E-state index is 0.499. The fourth-order valence-corrected chi connectivity index (χ4v) is 2.28. The van der Waals surface area contributed by atoms with Crippen LogP contribution in [-0.4, -0.2) is 70.4 Å². The predicted octanol–water partition coefficient (Wildman–Crippen LogP) is -1.09. The zero-order valence-corrected chi connectivity index (χ0v) is 13.0. The Morgan fingerprint density at radius 1 is 0.750 bits per heavy atom. The fraction of sp³-hybridized carbons (Fsp3) is 1.00. The Labute approximate surface area is 99.5 Å². The highest BCUT2D eigenvalue weighted by atomic mass is 28.1. The maximum atomic E-state index is 5.39. The SMILES string of the molecule is COC(OC)C(OC)(OC)C([SiH3])(OC)OC. The molecule has 0 aromatic rings. The van der Waals surface area contributed by atoms with Crippen molar-refractivity contribution in [3.63, 3.8) is 0 Å². The van der Waals surface area contributed by atoms with Crippen molar-refractivity contribution in [1.82, 2.24) is 0 Å². The number of ether oxygens (including phenoxy) is 6. The van der Waals surface area contributed by atoms with E-state index in [-0.39, 0.29) is 0 Å². The summed E-state index contributed by atoms with van der Waals surface area (Å²) in [5, 5.41) is 0. The van der Waals surface area contributed by atoms with Gasteiger partial charge in [-0.2, -0.15) is 0 Å². The van der Waals surface area contributed by atoms with Crippen LogP contribution in [-0.2, 0) is 28.4 Å². The number of hydrogen-bond donors (Lipinski definition) is 0. The first-order valence-electron chi connectivity index (χ1n) is 4.78. The highest BCUT2D eigenvalue weighted by Gasteiger charge is 2.57. The standard InChI is InChI=1S/C9H22O6Si/c1-10-7(11-2)8(12-3,13-4)9(16,14-5)15-6/h7H,1-6,16H3. The Bertz CT molecular complexity index is 188. The molecule has 0 aliphatic rings. The Hall–Kier alpha value is -0.0231. The summed E-state index contributed by atoms with van der Waals surface area (Å²) in [5.74, 6) is -1.27. The molecule has 16 heavy (non-hydrogen) atoms. The first-order chi connectivity index (χ1) is 7.51. The van der Waals surface area contributed by atoms with Crippen LogP contribution in [0.15, 0.2) is 0 Å². The molecule has 0 bridgehead atoms. The van der Waals surface area contributed by atoms with Crippen LogP contribution in [0.5, 0.6) is 0 Å². The second-order valence-corrected chi connectivity index (χ2v) is 4.55. The van der Waals surface area contributed by atoms with Gasteiger partial charge in [0.2, 0.25) is 6.29 Å². The molecule has 0 aromatic heterocycles. The summed E-state index contributed by atoms with van der Waals surface area (Å²) >= 11 is 0. The van der Waals surface area contributed by atoms with Gasteiger partial charge in [0, 0.05) is 42.7 Å². The van der Waals surface area contributed by atoms with E-state index in [1.165, 1.54) is 42.7 Å². The molecule has 0 spiro atoms. The van der Waals surface area contributed by atoms with Crippen molar-refractivity contribution in [2.24, 2.45) is 0 Å². The van der Waals surface area contributed by atoms with Gasteiger partial charge in [0.15, 0.2) is 5.41 Å². The Balaban J connectivity index is 5.36. The van der Waals surface area contributed by atoms with E-state index >= 15 is 0 Å². The van der Waals surface area contributed by atoms with Crippen molar-refractivity contribution in [2.45, 2.75) is 17.5 Å². The Morgan fingerprint density at radius 3 is 1.31 bits per heavy atom. The van der Waals surface area contributed by atoms with Crippen LogP contribution in [0, 0.1) is 0 Å². The van der Waals surface area contributed by atoms with Gasteiger partial charge in [-0.05, 0) is 0 Å². The van der Waals surface area contributed by atoms with Crippen LogP contribution >= 0.6 is 0 Å². The fourth-order valence-electron chi connectivity index (χ4n) is 1.64. The van der Waals surface area contributed by atoms with E-state index in [1.54, 1.807) is 0 Å². The molecule has 0 rings (SSSR count). The normalized spacial score (nSPS) is 13.7. The number of methoxy groups -OCH3 is 6. The average Bonchev–Trinajstić information content (AvgIpc) is 2.35.